The van der Waals surface area contributed by atoms with Crippen LogP contribution in [0.2, 0.25) is 0 Å². The van der Waals surface area contributed by atoms with Crippen LogP contribution in [0.1, 0.15) is 59.1 Å². The van der Waals surface area contributed by atoms with Crippen LogP contribution in [0, 0.1) is 11.6 Å². The van der Waals surface area contributed by atoms with Crippen molar-refractivity contribution in [3.63, 3.8) is 0 Å². The second-order valence-corrected chi connectivity index (χ2v) is 11.7. The number of benzene rings is 2. The Morgan fingerprint density at radius 3 is 2.26 bits per heavy atom. The summed E-state index contributed by atoms with van der Waals surface area (Å²) in [5.74, 6) is -1.72. The summed E-state index contributed by atoms with van der Waals surface area (Å²) in [4.78, 5) is 29.3. The Morgan fingerprint density at radius 2 is 1.71 bits per heavy atom. The van der Waals surface area contributed by atoms with Crippen LogP contribution >= 0.6 is 0 Å². The van der Waals surface area contributed by atoms with Crippen molar-refractivity contribution in [1.29, 1.82) is 0 Å². The number of halogens is 2. The molecular weight excluding hydrogens is 494 g/mol. The first-order valence-electron chi connectivity index (χ1n) is 12.8. The van der Waals surface area contributed by atoms with Gasteiger partial charge in [-0.3, -0.25) is 9.69 Å². The maximum absolute atomic E-state index is 14.1. The third kappa shape index (κ3) is 5.68. The molecule has 0 aromatic heterocycles. The third-order valence-corrected chi connectivity index (χ3v) is 7.12. The lowest BCUT2D eigenvalue weighted by Gasteiger charge is -2.34. The number of nitrogens with zero attached hydrogens (tertiary/aromatic N) is 2. The smallest absolute Gasteiger partial charge is 0.410 e. The number of hydrogen-bond donors (Lipinski definition) is 1. The van der Waals surface area contributed by atoms with Crippen LogP contribution in [0.3, 0.4) is 0 Å². The highest BCUT2D eigenvalue weighted by atomic mass is 19.1. The summed E-state index contributed by atoms with van der Waals surface area (Å²) in [7, 11) is 0. The number of likely N-dealkylation sites (tertiary alicyclic amines) is 1. The third-order valence-electron chi connectivity index (χ3n) is 7.12. The minimum absolute atomic E-state index is 0.0434. The molecule has 2 saturated heterocycles. The Labute approximate surface area is 222 Å². The van der Waals surface area contributed by atoms with E-state index < -0.39 is 52.8 Å². The van der Waals surface area contributed by atoms with E-state index >= 15 is 0 Å². The topological polar surface area (TPSA) is 79.3 Å². The number of aliphatic hydroxyl groups is 1. The van der Waals surface area contributed by atoms with E-state index in [9.17, 15) is 23.5 Å². The van der Waals surface area contributed by atoms with Crippen molar-refractivity contribution in [2.75, 3.05) is 6.54 Å². The highest BCUT2D eigenvalue weighted by Crippen LogP contribution is 2.44. The fraction of sp³-hybridized carbons (Fsp3) is 0.517. The molecule has 4 atom stereocenters. The van der Waals surface area contributed by atoms with Gasteiger partial charge in [-0.15, -0.1) is 0 Å². The number of ether oxygens (including phenoxy) is 2. The van der Waals surface area contributed by atoms with Gasteiger partial charge in [0.05, 0.1) is 18.6 Å². The quantitative estimate of drug-likeness (QED) is 0.617. The van der Waals surface area contributed by atoms with Crippen molar-refractivity contribution in [1.82, 2.24) is 9.80 Å². The summed E-state index contributed by atoms with van der Waals surface area (Å²) in [6.45, 7) is 10.1. The Balaban J connectivity index is 1.77. The number of hydrogen-bond acceptors (Lipinski definition) is 5. The van der Waals surface area contributed by atoms with Gasteiger partial charge in [0.15, 0.2) is 0 Å². The van der Waals surface area contributed by atoms with Gasteiger partial charge in [-0.25, -0.2) is 13.6 Å². The van der Waals surface area contributed by atoms with E-state index in [1.807, 2.05) is 18.2 Å². The van der Waals surface area contributed by atoms with E-state index in [1.54, 1.807) is 51.7 Å². The molecule has 2 fully saturated rings. The zero-order valence-electron chi connectivity index (χ0n) is 22.7. The first-order chi connectivity index (χ1) is 17.6. The highest BCUT2D eigenvalue weighted by molar-refractivity contribution is 5.75. The molecule has 0 spiro atoms. The highest BCUT2D eigenvalue weighted by Gasteiger charge is 2.58. The van der Waals surface area contributed by atoms with E-state index in [1.165, 1.54) is 24.0 Å². The largest absolute Gasteiger partial charge is 0.444 e. The van der Waals surface area contributed by atoms with Crippen LogP contribution < -0.4 is 0 Å². The molecule has 2 amide bonds. The second kappa shape index (κ2) is 9.93. The molecule has 0 bridgehead atoms. The SMILES string of the molecule is CC(=O)N1[C@@H](Cc2cc(F)cc(F)c2)[C@@H]([C@H]2C[C@](O)(c3ccccc3)CN2C(=O)OC(C)(C)C)OC1(C)C. The van der Waals surface area contributed by atoms with Crippen molar-refractivity contribution in [3.8, 4) is 0 Å². The number of rotatable bonds is 4. The molecular formula is C29H36F2N2O5. The summed E-state index contributed by atoms with van der Waals surface area (Å²) in [5, 5.41) is 11.8. The monoisotopic (exact) mass is 530 g/mol. The van der Waals surface area contributed by atoms with Crippen molar-refractivity contribution >= 4 is 12.0 Å². The fourth-order valence-electron chi connectivity index (χ4n) is 5.83. The summed E-state index contributed by atoms with van der Waals surface area (Å²) in [5.41, 5.74) is -2.25. The number of carbonyl (C=O) groups excluding carboxylic acids is 2. The lowest BCUT2D eigenvalue weighted by molar-refractivity contribution is -0.146. The zero-order valence-corrected chi connectivity index (χ0v) is 22.7. The summed E-state index contributed by atoms with van der Waals surface area (Å²) in [6.07, 6.45) is -1.18. The predicted molar refractivity (Wildman–Crippen MR) is 137 cm³/mol. The van der Waals surface area contributed by atoms with Crippen LogP contribution in [0.4, 0.5) is 13.6 Å². The van der Waals surface area contributed by atoms with Gasteiger partial charge in [0.25, 0.3) is 0 Å². The Hall–Kier alpha value is -3.04. The molecule has 2 aromatic rings. The molecule has 2 aromatic carbocycles. The number of carbonyl (C=O) groups is 2. The first-order valence-corrected chi connectivity index (χ1v) is 12.8. The van der Waals surface area contributed by atoms with Crippen molar-refractivity contribution in [2.24, 2.45) is 0 Å². The molecule has 0 saturated carbocycles. The van der Waals surface area contributed by atoms with E-state index in [0.29, 0.717) is 11.1 Å². The molecule has 0 unspecified atom stereocenters. The van der Waals surface area contributed by atoms with Crippen LogP contribution in [0.5, 0.6) is 0 Å². The Kier molecular flexibility index (Phi) is 7.31. The molecule has 206 valence electrons. The van der Waals surface area contributed by atoms with Gasteiger partial charge < -0.3 is 19.5 Å². The standard InChI is InChI=1S/C29H36F2N2O5/c1-18(34)33-23(14-19-12-21(30)15-22(31)13-19)25(37-28(33,5)6)24-16-29(36,20-10-8-7-9-11-20)17-32(24)26(35)38-27(2,3)4/h7-13,15,23-25,36H,14,16-17H2,1-6H3/t23-,24+,25-,29+/m0/s1. The maximum atomic E-state index is 14.1. The molecule has 7 nitrogen and oxygen atoms in total. The molecule has 1 N–H and O–H groups in total. The van der Waals surface area contributed by atoms with Crippen molar-refractivity contribution in [3.05, 3.63) is 71.3 Å². The van der Waals surface area contributed by atoms with E-state index in [2.05, 4.69) is 0 Å². The van der Waals surface area contributed by atoms with E-state index in [-0.39, 0.29) is 25.3 Å². The number of amides is 2. The summed E-state index contributed by atoms with van der Waals surface area (Å²) in [6, 6.07) is 10.9. The average Bonchev–Trinajstić information content (AvgIpc) is 3.27. The second-order valence-electron chi connectivity index (χ2n) is 11.7. The summed E-state index contributed by atoms with van der Waals surface area (Å²) < 4.78 is 40.3. The van der Waals surface area contributed by atoms with Crippen molar-refractivity contribution < 1.29 is 33.0 Å². The minimum Gasteiger partial charge on any atom is -0.444 e. The lowest BCUT2D eigenvalue weighted by Crippen LogP contribution is -2.52. The van der Waals surface area contributed by atoms with Crippen molar-refractivity contribution in [2.45, 2.75) is 89.5 Å². The molecule has 2 heterocycles. The normalized spacial score (nSPS) is 27.0. The summed E-state index contributed by atoms with van der Waals surface area (Å²) >= 11 is 0. The predicted octanol–water partition coefficient (Wildman–Crippen LogP) is 4.76. The zero-order chi connectivity index (χ0) is 28.0. The Bertz CT molecular complexity index is 1180. The molecule has 4 rings (SSSR count). The minimum atomic E-state index is -1.39. The first kappa shape index (κ1) is 28.0. The van der Waals surface area contributed by atoms with Gasteiger partial charge >= 0.3 is 6.09 Å². The average molecular weight is 531 g/mol. The molecule has 38 heavy (non-hydrogen) atoms. The number of β-amino-alcohol motifs (C(OH)–C–C–N with tert-alkyl or cyclic N) is 1. The van der Waals surface area contributed by atoms with E-state index in [4.69, 9.17) is 9.47 Å². The Morgan fingerprint density at radius 1 is 1.11 bits per heavy atom. The van der Waals surface area contributed by atoms with Gasteiger partial charge in [-0.2, -0.15) is 0 Å². The van der Waals surface area contributed by atoms with Crippen LogP contribution in [-0.4, -0.2) is 63.0 Å². The molecule has 2 aliphatic rings. The van der Waals surface area contributed by atoms with E-state index in [0.717, 1.165) is 6.07 Å². The van der Waals surface area contributed by atoms with Gasteiger partial charge in [0.1, 0.15) is 34.7 Å². The fourth-order valence-corrected chi connectivity index (χ4v) is 5.83. The van der Waals surface area contributed by atoms with Crippen LogP contribution in [0.15, 0.2) is 48.5 Å². The van der Waals surface area contributed by atoms with Crippen LogP contribution in [-0.2, 0) is 26.3 Å². The van der Waals surface area contributed by atoms with Gasteiger partial charge in [-0.1, -0.05) is 30.3 Å². The van der Waals surface area contributed by atoms with Gasteiger partial charge in [0, 0.05) is 19.4 Å². The lowest BCUT2D eigenvalue weighted by atomic mass is 9.87. The molecule has 9 heteroatoms. The van der Waals surface area contributed by atoms with Crippen LogP contribution in [0.25, 0.3) is 0 Å². The van der Waals surface area contributed by atoms with Gasteiger partial charge in [-0.05, 0) is 64.3 Å². The molecule has 2 aliphatic heterocycles. The molecule has 0 radical (unpaired) electrons. The molecule has 0 aliphatic carbocycles. The van der Waals surface area contributed by atoms with Gasteiger partial charge in [0.2, 0.25) is 5.91 Å². The maximum Gasteiger partial charge on any atom is 0.410 e.